The third-order valence-electron chi connectivity index (χ3n) is 2.64. The molecule has 5 nitrogen and oxygen atoms in total. The van der Waals surface area contributed by atoms with E-state index in [1.807, 2.05) is 36.2 Å². The van der Waals surface area contributed by atoms with Crippen molar-refractivity contribution in [3.8, 4) is 0 Å². The predicted molar refractivity (Wildman–Crippen MR) is 72.6 cm³/mol. The van der Waals surface area contributed by atoms with E-state index in [2.05, 4.69) is 9.97 Å². The molecule has 94 valence electrons. The van der Waals surface area contributed by atoms with E-state index in [0.717, 1.165) is 11.3 Å². The van der Waals surface area contributed by atoms with E-state index < -0.39 is 0 Å². The Morgan fingerprint density at radius 2 is 2.00 bits per heavy atom. The lowest BCUT2D eigenvalue weighted by molar-refractivity contribution is 0.873. The second kappa shape index (κ2) is 4.91. The van der Waals surface area contributed by atoms with Crippen LogP contribution in [0.15, 0.2) is 35.1 Å². The molecule has 1 aromatic heterocycles. The Morgan fingerprint density at radius 1 is 1.33 bits per heavy atom. The molecule has 2 rings (SSSR count). The SMILES string of the molecule is Cc1nc(N(C)Cc2ccc(N)cc2)cc(=O)[nH]1. The molecule has 0 saturated carbocycles. The van der Waals surface area contributed by atoms with E-state index in [0.29, 0.717) is 18.2 Å². The summed E-state index contributed by atoms with van der Waals surface area (Å²) in [6.45, 7) is 2.44. The van der Waals surface area contributed by atoms with Gasteiger partial charge >= 0.3 is 0 Å². The number of hydrogen-bond donors (Lipinski definition) is 2. The van der Waals surface area contributed by atoms with Crippen LogP contribution < -0.4 is 16.2 Å². The van der Waals surface area contributed by atoms with Crippen molar-refractivity contribution < 1.29 is 0 Å². The third kappa shape index (κ3) is 2.88. The van der Waals surface area contributed by atoms with Gasteiger partial charge in [0.2, 0.25) is 0 Å². The van der Waals surface area contributed by atoms with Gasteiger partial charge in [-0.25, -0.2) is 4.98 Å². The summed E-state index contributed by atoms with van der Waals surface area (Å²) in [6.07, 6.45) is 0. The first-order chi connectivity index (χ1) is 8.54. The molecule has 0 radical (unpaired) electrons. The number of benzene rings is 1. The molecule has 1 aromatic carbocycles. The molecule has 1 heterocycles. The van der Waals surface area contributed by atoms with Gasteiger partial charge in [0.05, 0.1) is 0 Å². The van der Waals surface area contributed by atoms with Crippen LogP contribution >= 0.6 is 0 Å². The smallest absolute Gasteiger partial charge is 0.252 e. The lowest BCUT2D eigenvalue weighted by Gasteiger charge is -2.18. The van der Waals surface area contributed by atoms with Gasteiger partial charge in [0, 0.05) is 25.3 Å². The van der Waals surface area contributed by atoms with Crippen molar-refractivity contribution in [1.82, 2.24) is 9.97 Å². The van der Waals surface area contributed by atoms with Crippen molar-refractivity contribution in [3.05, 3.63) is 52.1 Å². The largest absolute Gasteiger partial charge is 0.399 e. The van der Waals surface area contributed by atoms with E-state index in [-0.39, 0.29) is 5.56 Å². The molecule has 18 heavy (non-hydrogen) atoms. The average molecular weight is 244 g/mol. The van der Waals surface area contributed by atoms with E-state index in [4.69, 9.17) is 5.73 Å². The molecule has 0 atom stereocenters. The highest BCUT2D eigenvalue weighted by atomic mass is 16.1. The molecular formula is C13H16N4O. The molecule has 0 unspecified atom stereocenters. The molecule has 0 saturated heterocycles. The quantitative estimate of drug-likeness (QED) is 0.798. The number of nitrogen functional groups attached to an aromatic ring is 1. The molecular weight excluding hydrogens is 228 g/mol. The number of aryl methyl sites for hydroxylation is 1. The highest BCUT2D eigenvalue weighted by molar-refractivity contribution is 5.42. The second-order valence-electron chi connectivity index (χ2n) is 4.29. The van der Waals surface area contributed by atoms with Crippen LogP contribution in [0.4, 0.5) is 11.5 Å². The number of aromatic amines is 1. The van der Waals surface area contributed by atoms with Crippen molar-refractivity contribution >= 4 is 11.5 Å². The predicted octanol–water partition coefficient (Wildman–Crippen LogP) is 1.30. The number of nitrogens with zero attached hydrogens (tertiary/aromatic N) is 2. The van der Waals surface area contributed by atoms with Gasteiger partial charge in [-0.1, -0.05) is 12.1 Å². The number of aromatic nitrogens is 2. The Balaban J connectivity index is 2.18. The number of rotatable bonds is 3. The van der Waals surface area contributed by atoms with E-state index in [1.165, 1.54) is 6.07 Å². The van der Waals surface area contributed by atoms with Crippen LogP contribution in [-0.2, 0) is 6.54 Å². The summed E-state index contributed by atoms with van der Waals surface area (Å²) in [4.78, 5) is 20.2. The molecule has 3 N–H and O–H groups in total. The molecule has 5 heteroatoms. The summed E-state index contributed by atoms with van der Waals surface area (Å²) >= 11 is 0. The van der Waals surface area contributed by atoms with E-state index in [9.17, 15) is 4.79 Å². The zero-order chi connectivity index (χ0) is 13.1. The Bertz CT molecular complexity index is 589. The number of hydrogen-bond acceptors (Lipinski definition) is 4. The molecule has 0 spiro atoms. The summed E-state index contributed by atoms with van der Waals surface area (Å²) in [5.41, 5.74) is 7.36. The Labute approximate surface area is 105 Å². The summed E-state index contributed by atoms with van der Waals surface area (Å²) in [5, 5.41) is 0. The Hall–Kier alpha value is -2.30. The zero-order valence-electron chi connectivity index (χ0n) is 10.5. The number of nitrogens with one attached hydrogen (secondary N) is 1. The number of H-pyrrole nitrogens is 1. The molecule has 0 aliphatic heterocycles. The first-order valence-corrected chi connectivity index (χ1v) is 5.68. The second-order valence-corrected chi connectivity index (χ2v) is 4.29. The van der Waals surface area contributed by atoms with Crippen molar-refractivity contribution in [1.29, 1.82) is 0 Å². The first-order valence-electron chi connectivity index (χ1n) is 5.68. The van der Waals surface area contributed by atoms with Gasteiger partial charge in [-0.3, -0.25) is 4.79 Å². The van der Waals surface area contributed by atoms with Crippen LogP contribution in [0.1, 0.15) is 11.4 Å². The van der Waals surface area contributed by atoms with Crippen LogP contribution in [0, 0.1) is 6.92 Å². The van der Waals surface area contributed by atoms with Gasteiger partial charge in [0.25, 0.3) is 5.56 Å². The highest BCUT2D eigenvalue weighted by Gasteiger charge is 2.05. The van der Waals surface area contributed by atoms with Crippen LogP contribution in [0.5, 0.6) is 0 Å². The Morgan fingerprint density at radius 3 is 2.61 bits per heavy atom. The van der Waals surface area contributed by atoms with Crippen molar-refractivity contribution in [3.63, 3.8) is 0 Å². The zero-order valence-corrected chi connectivity index (χ0v) is 10.5. The molecule has 0 aliphatic rings. The molecule has 0 amide bonds. The van der Waals surface area contributed by atoms with Crippen LogP contribution in [0.3, 0.4) is 0 Å². The van der Waals surface area contributed by atoms with Gasteiger partial charge < -0.3 is 15.6 Å². The maximum absolute atomic E-state index is 11.4. The van der Waals surface area contributed by atoms with Gasteiger partial charge in [-0.2, -0.15) is 0 Å². The standard InChI is InChI=1S/C13H16N4O/c1-9-15-12(7-13(18)16-9)17(2)8-10-3-5-11(14)6-4-10/h3-7H,8,14H2,1-2H3,(H,15,16,18). The van der Waals surface area contributed by atoms with E-state index >= 15 is 0 Å². The maximum atomic E-state index is 11.4. The number of nitrogens with two attached hydrogens (primary N) is 1. The fourth-order valence-corrected chi connectivity index (χ4v) is 1.74. The molecule has 2 aromatic rings. The van der Waals surface area contributed by atoms with Gasteiger partial charge in [-0.05, 0) is 24.6 Å². The van der Waals surface area contributed by atoms with Crippen molar-refractivity contribution in [2.75, 3.05) is 17.7 Å². The van der Waals surface area contributed by atoms with E-state index in [1.54, 1.807) is 6.92 Å². The normalized spacial score (nSPS) is 10.3. The topological polar surface area (TPSA) is 75.0 Å². The monoisotopic (exact) mass is 244 g/mol. The van der Waals surface area contributed by atoms with Gasteiger partial charge in [-0.15, -0.1) is 0 Å². The number of anilines is 2. The average Bonchev–Trinajstić information content (AvgIpc) is 2.31. The maximum Gasteiger partial charge on any atom is 0.252 e. The minimum Gasteiger partial charge on any atom is -0.399 e. The van der Waals surface area contributed by atoms with Crippen LogP contribution in [0.2, 0.25) is 0 Å². The van der Waals surface area contributed by atoms with Crippen LogP contribution in [0.25, 0.3) is 0 Å². The molecule has 0 aliphatic carbocycles. The lowest BCUT2D eigenvalue weighted by Crippen LogP contribution is -2.21. The fourth-order valence-electron chi connectivity index (χ4n) is 1.74. The van der Waals surface area contributed by atoms with Crippen LogP contribution in [-0.4, -0.2) is 17.0 Å². The molecule has 0 bridgehead atoms. The third-order valence-corrected chi connectivity index (χ3v) is 2.64. The minimum atomic E-state index is -0.137. The van der Waals surface area contributed by atoms with Gasteiger partial charge in [0.15, 0.2) is 0 Å². The van der Waals surface area contributed by atoms with Gasteiger partial charge in [0.1, 0.15) is 11.6 Å². The molecule has 0 fully saturated rings. The highest BCUT2D eigenvalue weighted by Crippen LogP contribution is 2.12. The summed E-state index contributed by atoms with van der Waals surface area (Å²) in [7, 11) is 1.90. The summed E-state index contributed by atoms with van der Waals surface area (Å²) < 4.78 is 0. The minimum absolute atomic E-state index is 0.137. The summed E-state index contributed by atoms with van der Waals surface area (Å²) in [5.74, 6) is 1.27. The lowest BCUT2D eigenvalue weighted by atomic mass is 10.2. The van der Waals surface area contributed by atoms with Crippen molar-refractivity contribution in [2.45, 2.75) is 13.5 Å². The fraction of sp³-hybridized carbons (Fsp3) is 0.231. The van der Waals surface area contributed by atoms with Crippen molar-refractivity contribution in [2.24, 2.45) is 0 Å². The first kappa shape index (κ1) is 12.2. The Kier molecular flexibility index (Phi) is 3.32. The summed E-state index contributed by atoms with van der Waals surface area (Å²) in [6, 6.07) is 9.14.